The summed E-state index contributed by atoms with van der Waals surface area (Å²) in [5.41, 5.74) is 12.6. The first-order chi connectivity index (χ1) is 11.0. The van der Waals surface area contributed by atoms with E-state index in [0.29, 0.717) is 0 Å². The highest BCUT2D eigenvalue weighted by atomic mass is 14.4. The molecule has 1 spiro atoms. The first-order valence-corrected chi connectivity index (χ1v) is 9.22. The first kappa shape index (κ1) is 15.0. The summed E-state index contributed by atoms with van der Waals surface area (Å²) in [6.07, 6.45) is 7.86. The second-order valence-electron chi connectivity index (χ2n) is 7.98. The highest BCUT2D eigenvalue weighted by Gasteiger charge is 2.41. The largest absolute Gasteiger partial charge is 0.0555 e. The molecule has 0 saturated carbocycles. The molecule has 0 unspecified atom stereocenters. The van der Waals surface area contributed by atoms with Gasteiger partial charge in [-0.15, -0.1) is 0 Å². The van der Waals surface area contributed by atoms with Gasteiger partial charge >= 0.3 is 0 Å². The van der Waals surface area contributed by atoms with Gasteiger partial charge in [-0.1, -0.05) is 24.3 Å². The Kier molecular flexibility index (Phi) is 3.41. The second-order valence-corrected chi connectivity index (χ2v) is 7.98. The molecule has 0 fully saturated rings. The van der Waals surface area contributed by atoms with Crippen molar-refractivity contribution in [3.05, 3.63) is 68.8 Å². The average Bonchev–Trinajstić information content (AvgIpc) is 2.52. The van der Waals surface area contributed by atoms with E-state index in [1.54, 1.807) is 22.3 Å². The molecule has 0 atom stereocenters. The van der Waals surface area contributed by atoms with Crippen LogP contribution >= 0.6 is 0 Å². The fraction of sp³-hybridized carbons (Fsp3) is 0.478. The van der Waals surface area contributed by atoms with E-state index < -0.39 is 0 Å². The highest BCUT2D eigenvalue weighted by Crippen LogP contribution is 2.50. The molecule has 0 aromatic heterocycles. The number of hydrogen-bond acceptors (Lipinski definition) is 0. The lowest BCUT2D eigenvalue weighted by Crippen LogP contribution is -2.36. The van der Waals surface area contributed by atoms with E-state index in [1.165, 1.54) is 60.8 Å². The van der Waals surface area contributed by atoms with Crippen LogP contribution in [-0.4, -0.2) is 0 Å². The lowest BCUT2D eigenvalue weighted by molar-refractivity contribution is 0.367. The van der Waals surface area contributed by atoms with E-state index in [1.807, 2.05) is 0 Å². The van der Waals surface area contributed by atoms with Crippen molar-refractivity contribution in [3.8, 4) is 0 Å². The van der Waals surface area contributed by atoms with E-state index in [0.717, 1.165) is 0 Å². The number of rotatable bonds is 0. The molecule has 0 radical (unpaired) electrons. The summed E-state index contributed by atoms with van der Waals surface area (Å²) >= 11 is 0. The van der Waals surface area contributed by atoms with Crippen LogP contribution < -0.4 is 0 Å². The molecule has 0 heteroatoms. The molecular formula is C23H28. The fourth-order valence-corrected chi connectivity index (χ4v) is 5.03. The van der Waals surface area contributed by atoms with Gasteiger partial charge < -0.3 is 0 Å². The van der Waals surface area contributed by atoms with Gasteiger partial charge in [0, 0.05) is 5.41 Å². The van der Waals surface area contributed by atoms with Crippen LogP contribution in [0.2, 0.25) is 0 Å². The zero-order valence-electron chi connectivity index (χ0n) is 15.1. The molecule has 0 bridgehead atoms. The molecule has 0 amide bonds. The van der Waals surface area contributed by atoms with Crippen LogP contribution in [0.3, 0.4) is 0 Å². The summed E-state index contributed by atoms with van der Waals surface area (Å²) in [4.78, 5) is 0. The van der Waals surface area contributed by atoms with Crippen LogP contribution in [0.1, 0.15) is 70.2 Å². The summed E-state index contributed by atoms with van der Waals surface area (Å²) in [6, 6.07) is 9.99. The van der Waals surface area contributed by atoms with Crippen LogP contribution in [0.15, 0.2) is 24.3 Å². The molecular weight excluding hydrogens is 276 g/mol. The maximum atomic E-state index is 2.52. The second kappa shape index (κ2) is 5.23. The van der Waals surface area contributed by atoms with Gasteiger partial charge in [0.1, 0.15) is 0 Å². The Morgan fingerprint density at radius 2 is 1.00 bits per heavy atom. The van der Waals surface area contributed by atoms with Gasteiger partial charge in [0.05, 0.1) is 0 Å². The SMILES string of the molecule is Cc1cc2c(cc1C)C1(CCC2)CCCc2cc(C)c(C)cc21. The third-order valence-corrected chi connectivity index (χ3v) is 6.57. The van der Waals surface area contributed by atoms with Crippen molar-refractivity contribution in [2.45, 2.75) is 71.6 Å². The van der Waals surface area contributed by atoms with Crippen LogP contribution in [0.4, 0.5) is 0 Å². The van der Waals surface area contributed by atoms with Gasteiger partial charge in [0.15, 0.2) is 0 Å². The number of hydrogen-bond donors (Lipinski definition) is 0. The van der Waals surface area contributed by atoms with Gasteiger partial charge in [-0.25, -0.2) is 0 Å². The predicted molar refractivity (Wildman–Crippen MR) is 98.5 cm³/mol. The van der Waals surface area contributed by atoms with Gasteiger partial charge in [0.2, 0.25) is 0 Å². The average molecular weight is 304 g/mol. The quantitative estimate of drug-likeness (QED) is 0.570. The molecule has 0 N–H and O–H groups in total. The van der Waals surface area contributed by atoms with Gasteiger partial charge in [0.25, 0.3) is 0 Å². The molecule has 0 heterocycles. The molecule has 0 saturated heterocycles. The van der Waals surface area contributed by atoms with E-state index in [4.69, 9.17) is 0 Å². The molecule has 0 nitrogen and oxygen atoms in total. The monoisotopic (exact) mass is 304 g/mol. The van der Waals surface area contributed by atoms with E-state index in [2.05, 4.69) is 52.0 Å². The number of fused-ring (bicyclic) bond motifs is 4. The van der Waals surface area contributed by atoms with E-state index >= 15 is 0 Å². The maximum absolute atomic E-state index is 2.52. The van der Waals surface area contributed by atoms with Crippen molar-refractivity contribution >= 4 is 0 Å². The Morgan fingerprint density at radius 3 is 1.43 bits per heavy atom. The van der Waals surface area contributed by atoms with Crippen LogP contribution in [0.5, 0.6) is 0 Å². The van der Waals surface area contributed by atoms with Crippen LogP contribution in [0, 0.1) is 27.7 Å². The molecule has 0 aliphatic heterocycles. The highest BCUT2D eigenvalue weighted by molar-refractivity contribution is 5.54. The minimum Gasteiger partial charge on any atom is -0.0555 e. The van der Waals surface area contributed by atoms with Gasteiger partial charge in [-0.05, 0) is 111 Å². The normalized spacial score (nSPS) is 18.6. The molecule has 2 aliphatic rings. The Morgan fingerprint density at radius 1 is 0.609 bits per heavy atom. The Hall–Kier alpha value is -1.56. The summed E-state index contributed by atoms with van der Waals surface area (Å²) in [5, 5.41) is 0. The van der Waals surface area contributed by atoms with Crippen LogP contribution in [-0.2, 0) is 18.3 Å². The number of aryl methyl sites for hydroxylation is 6. The lowest BCUT2D eigenvalue weighted by atomic mass is 9.59. The molecule has 23 heavy (non-hydrogen) atoms. The molecule has 4 rings (SSSR count). The Balaban J connectivity index is 1.99. The third-order valence-electron chi connectivity index (χ3n) is 6.57. The zero-order chi connectivity index (χ0) is 16.2. The van der Waals surface area contributed by atoms with Crippen molar-refractivity contribution < 1.29 is 0 Å². The molecule has 120 valence electrons. The first-order valence-electron chi connectivity index (χ1n) is 9.22. The predicted octanol–water partition coefficient (Wildman–Crippen LogP) is 5.88. The molecule has 2 aromatic carbocycles. The van der Waals surface area contributed by atoms with E-state index in [-0.39, 0.29) is 5.41 Å². The van der Waals surface area contributed by atoms with Crippen molar-refractivity contribution in [3.63, 3.8) is 0 Å². The summed E-state index contributed by atoms with van der Waals surface area (Å²) < 4.78 is 0. The van der Waals surface area contributed by atoms with Crippen molar-refractivity contribution in [1.29, 1.82) is 0 Å². The van der Waals surface area contributed by atoms with Gasteiger partial charge in [-0.3, -0.25) is 0 Å². The summed E-state index contributed by atoms with van der Waals surface area (Å²) in [7, 11) is 0. The summed E-state index contributed by atoms with van der Waals surface area (Å²) in [5.74, 6) is 0. The third kappa shape index (κ3) is 2.18. The van der Waals surface area contributed by atoms with Crippen molar-refractivity contribution in [1.82, 2.24) is 0 Å². The zero-order valence-corrected chi connectivity index (χ0v) is 15.1. The number of benzene rings is 2. The topological polar surface area (TPSA) is 0 Å². The standard InChI is InChI=1S/C23H28/c1-15-11-19-7-5-9-23(21(19)13-17(15)3)10-6-8-20-12-16(2)18(4)14-22(20)23/h11-14H,5-10H2,1-4H3. The fourth-order valence-electron chi connectivity index (χ4n) is 5.03. The van der Waals surface area contributed by atoms with Crippen LogP contribution in [0.25, 0.3) is 0 Å². The molecule has 2 aliphatic carbocycles. The maximum Gasteiger partial charge on any atom is 0.0208 e. The van der Waals surface area contributed by atoms with Crippen molar-refractivity contribution in [2.24, 2.45) is 0 Å². The minimum absolute atomic E-state index is 0.290. The minimum atomic E-state index is 0.290. The Labute approximate surface area is 140 Å². The Bertz CT molecular complexity index is 712. The molecule has 2 aromatic rings. The van der Waals surface area contributed by atoms with Crippen molar-refractivity contribution in [2.75, 3.05) is 0 Å². The van der Waals surface area contributed by atoms with Gasteiger partial charge in [-0.2, -0.15) is 0 Å². The lowest BCUT2D eigenvalue weighted by Gasteiger charge is -2.44. The summed E-state index contributed by atoms with van der Waals surface area (Å²) in [6.45, 7) is 9.09. The smallest absolute Gasteiger partial charge is 0.0208 e. The van der Waals surface area contributed by atoms with E-state index in [9.17, 15) is 0 Å².